The zero-order chi connectivity index (χ0) is 14.3. The van der Waals surface area contributed by atoms with Crippen LogP contribution in [0.2, 0.25) is 5.02 Å². The van der Waals surface area contributed by atoms with Crippen molar-refractivity contribution in [1.29, 1.82) is 0 Å². The minimum atomic E-state index is -0.664. The minimum Gasteiger partial charge on any atom is -0.400 e. The minimum absolute atomic E-state index is 0.0339. The van der Waals surface area contributed by atoms with Crippen molar-refractivity contribution in [1.82, 2.24) is 0 Å². The number of carbonyl (C=O) groups excluding carboxylic acids is 2. The second-order valence-corrected chi connectivity index (χ2v) is 5.44. The van der Waals surface area contributed by atoms with Crippen LogP contribution in [-0.2, 0) is 9.59 Å². The maximum Gasteiger partial charge on any atom is 0.178 e. The van der Waals surface area contributed by atoms with E-state index in [1.54, 1.807) is 30.4 Å². The fraction of sp³-hybridized carbons (Fsp3) is 0.125. The van der Waals surface area contributed by atoms with Gasteiger partial charge in [-0.25, -0.2) is 0 Å². The van der Waals surface area contributed by atoms with Crippen LogP contribution in [0.25, 0.3) is 5.57 Å². The predicted molar refractivity (Wildman–Crippen MR) is 77.9 cm³/mol. The molecule has 1 aromatic rings. The second kappa shape index (κ2) is 4.46. The van der Waals surface area contributed by atoms with E-state index in [0.717, 1.165) is 5.56 Å². The van der Waals surface area contributed by atoms with Gasteiger partial charge in [0.25, 0.3) is 0 Å². The van der Waals surface area contributed by atoms with E-state index in [-0.39, 0.29) is 18.0 Å². The molecule has 0 aliphatic heterocycles. The first kappa shape index (κ1) is 12.9. The Morgan fingerprint density at radius 3 is 2.50 bits per heavy atom. The highest BCUT2D eigenvalue weighted by molar-refractivity contribution is 6.31. The third kappa shape index (κ3) is 1.91. The van der Waals surface area contributed by atoms with Gasteiger partial charge in [0, 0.05) is 22.7 Å². The molecule has 0 amide bonds. The summed E-state index contributed by atoms with van der Waals surface area (Å²) in [5.41, 5.74) is 7.24. The van der Waals surface area contributed by atoms with Crippen molar-refractivity contribution in [2.24, 2.45) is 11.1 Å². The molecule has 3 rings (SSSR count). The Morgan fingerprint density at radius 2 is 1.85 bits per heavy atom. The van der Waals surface area contributed by atoms with Crippen LogP contribution in [0.5, 0.6) is 0 Å². The number of halogens is 1. The average Bonchev–Trinajstić information content (AvgIpc) is 2.65. The van der Waals surface area contributed by atoms with Crippen molar-refractivity contribution in [3.8, 4) is 0 Å². The molecule has 1 spiro atoms. The maximum atomic E-state index is 12.3. The van der Waals surface area contributed by atoms with Gasteiger partial charge in [-0.15, -0.1) is 0 Å². The van der Waals surface area contributed by atoms with Gasteiger partial charge in [0.1, 0.15) is 0 Å². The van der Waals surface area contributed by atoms with E-state index in [0.29, 0.717) is 16.3 Å². The van der Waals surface area contributed by atoms with Crippen LogP contribution in [0.4, 0.5) is 0 Å². The summed E-state index contributed by atoms with van der Waals surface area (Å²) >= 11 is 5.97. The lowest BCUT2D eigenvalue weighted by Gasteiger charge is -2.23. The van der Waals surface area contributed by atoms with E-state index in [1.807, 2.05) is 6.07 Å². The second-order valence-electron chi connectivity index (χ2n) is 5.01. The largest absolute Gasteiger partial charge is 0.400 e. The number of nitrogens with two attached hydrogens (primary N) is 1. The van der Waals surface area contributed by atoms with Crippen LogP contribution in [0.3, 0.4) is 0 Å². The highest BCUT2D eigenvalue weighted by atomic mass is 35.5. The molecule has 0 heterocycles. The van der Waals surface area contributed by atoms with Crippen LogP contribution in [0.15, 0.2) is 54.3 Å². The van der Waals surface area contributed by atoms with Crippen LogP contribution >= 0.6 is 11.6 Å². The molecule has 2 aliphatic rings. The lowest BCUT2D eigenvalue weighted by atomic mass is 9.81. The molecule has 0 bridgehead atoms. The van der Waals surface area contributed by atoms with Crippen LogP contribution in [0, 0.1) is 5.41 Å². The van der Waals surface area contributed by atoms with Gasteiger partial charge in [0.15, 0.2) is 11.6 Å². The summed E-state index contributed by atoms with van der Waals surface area (Å²) in [5, 5.41) is 0.557. The van der Waals surface area contributed by atoms with E-state index >= 15 is 0 Å². The van der Waals surface area contributed by atoms with E-state index in [9.17, 15) is 9.59 Å². The summed E-state index contributed by atoms with van der Waals surface area (Å²) in [6.45, 7) is 0. The normalized spacial score (nSPS) is 20.2. The Hall–Kier alpha value is -2.13. The molecule has 100 valence electrons. The standard InChI is InChI=1S/C16H12ClNO2/c17-11-3-1-2-10(8-11)14-13(20)9-16(15(14)18)6-4-12(19)5-7-16/h1-8H,9,18H2. The summed E-state index contributed by atoms with van der Waals surface area (Å²) < 4.78 is 0. The van der Waals surface area contributed by atoms with Crippen molar-refractivity contribution in [2.45, 2.75) is 6.42 Å². The van der Waals surface area contributed by atoms with Gasteiger partial charge >= 0.3 is 0 Å². The number of rotatable bonds is 1. The Morgan fingerprint density at radius 1 is 1.15 bits per heavy atom. The van der Waals surface area contributed by atoms with Gasteiger partial charge in [-0.3, -0.25) is 9.59 Å². The fourth-order valence-corrected chi connectivity index (χ4v) is 2.85. The van der Waals surface area contributed by atoms with Crippen LogP contribution in [-0.4, -0.2) is 11.6 Å². The third-order valence-electron chi connectivity index (χ3n) is 3.71. The smallest absolute Gasteiger partial charge is 0.178 e. The molecule has 0 radical (unpaired) electrons. The number of benzene rings is 1. The van der Waals surface area contributed by atoms with Gasteiger partial charge in [0.05, 0.1) is 5.41 Å². The van der Waals surface area contributed by atoms with Crippen molar-refractivity contribution < 1.29 is 9.59 Å². The lowest BCUT2D eigenvalue weighted by molar-refractivity contribution is -0.114. The third-order valence-corrected chi connectivity index (χ3v) is 3.94. The van der Waals surface area contributed by atoms with E-state index in [4.69, 9.17) is 17.3 Å². The molecular formula is C16H12ClNO2. The van der Waals surface area contributed by atoms with Crippen LogP contribution < -0.4 is 5.73 Å². The molecule has 0 saturated carbocycles. The number of allylic oxidation sites excluding steroid dienone is 4. The topological polar surface area (TPSA) is 60.2 Å². The number of hydrogen-bond donors (Lipinski definition) is 1. The molecule has 1 aromatic carbocycles. The van der Waals surface area contributed by atoms with Crippen molar-refractivity contribution in [3.05, 3.63) is 64.9 Å². The summed E-state index contributed by atoms with van der Waals surface area (Å²) in [6, 6.07) is 7.07. The Kier molecular flexibility index (Phi) is 2.87. The Balaban J connectivity index is 2.13. The number of carbonyl (C=O) groups is 2. The first-order valence-corrected chi connectivity index (χ1v) is 6.61. The molecule has 4 heteroatoms. The number of Topliss-reactive ketones (excluding diaryl/α,β-unsaturated/α-hetero) is 1. The van der Waals surface area contributed by atoms with Gasteiger partial charge in [-0.05, 0) is 29.8 Å². The summed E-state index contributed by atoms with van der Waals surface area (Å²) in [5.74, 6) is -0.125. The summed E-state index contributed by atoms with van der Waals surface area (Å²) in [6.07, 6.45) is 6.59. The summed E-state index contributed by atoms with van der Waals surface area (Å²) in [4.78, 5) is 23.6. The first-order valence-electron chi connectivity index (χ1n) is 6.24. The highest BCUT2D eigenvalue weighted by Crippen LogP contribution is 2.45. The van der Waals surface area contributed by atoms with Gasteiger partial charge in [0.2, 0.25) is 0 Å². The quantitative estimate of drug-likeness (QED) is 0.863. The molecule has 3 nitrogen and oxygen atoms in total. The average molecular weight is 286 g/mol. The molecule has 0 atom stereocenters. The molecule has 0 fully saturated rings. The van der Waals surface area contributed by atoms with Gasteiger partial charge in [-0.2, -0.15) is 0 Å². The highest BCUT2D eigenvalue weighted by Gasteiger charge is 2.42. The van der Waals surface area contributed by atoms with Crippen LogP contribution in [0.1, 0.15) is 12.0 Å². The monoisotopic (exact) mass is 285 g/mol. The fourth-order valence-electron chi connectivity index (χ4n) is 2.66. The van der Waals surface area contributed by atoms with Gasteiger partial charge < -0.3 is 5.73 Å². The van der Waals surface area contributed by atoms with E-state index < -0.39 is 5.41 Å². The van der Waals surface area contributed by atoms with Crippen molar-refractivity contribution in [3.63, 3.8) is 0 Å². The molecule has 2 aliphatic carbocycles. The van der Waals surface area contributed by atoms with E-state index in [2.05, 4.69) is 0 Å². The molecular weight excluding hydrogens is 274 g/mol. The first-order chi connectivity index (χ1) is 9.52. The zero-order valence-corrected chi connectivity index (χ0v) is 11.4. The Labute approximate surface area is 121 Å². The molecule has 2 N–H and O–H groups in total. The molecule has 0 unspecified atom stereocenters. The molecule has 0 aromatic heterocycles. The number of hydrogen-bond acceptors (Lipinski definition) is 3. The predicted octanol–water partition coefficient (Wildman–Crippen LogP) is 2.66. The van der Waals surface area contributed by atoms with Crippen molar-refractivity contribution in [2.75, 3.05) is 0 Å². The van der Waals surface area contributed by atoms with E-state index in [1.165, 1.54) is 12.2 Å². The lowest BCUT2D eigenvalue weighted by Crippen LogP contribution is -2.23. The maximum absolute atomic E-state index is 12.3. The zero-order valence-electron chi connectivity index (χ0n) is 10.6. The molecule has 0 saturated heterocycles. The van der Waals surface area contributed by atoms with Gasteiger partial charge in [-0.1, -0.05) is 35.9 Å². The summed E-state index contributed by atoms with van der Waals surface area (Å²) in [7, 11) is 0. The Bertz CT molecular complexity index is 697. The number of ketones is 2. The SMILES string of the molecule is NC1=C(c2cccc(Cl)c2)C(=O)CC12C=CC(=O)C=C2. The van der Waals surface area contributed by atoms with Crippen molar-refractivity contribution >= 4 is 28.7 Å². The molecule has 20 heavy (non-hydrogen) atoms.